The third-order valence-corrected chi connectivity index (χ3v) is 2.74. The Bertz CT molecular complexity index is 495. The van der Waals surface area contributed by atoms with Crippen molar-refractivity contribution < 1.29 is 23.8 Å². The summed E-state index contributed by atoms with van der Waals surface area (Å²) in [6.07, 6.45) is 0. The van der Waals surface area contributed by atoms with Crippen molar-refractivity contribution in [3.63, 3.8) is 0 Å². The van der Waals surface area contributed by atoms with Gasteiger partial charge in [-0.2, -0.15) is 0 Å². The first-order valence-electron chi connectivity index (χ1n) is 7.92. The van der Waals surface area contributed by atoms with Crippen LogP contribution in [0.1, 0.15) is 41.5 Å². The fourth-order valence-electron chi connectivity index (χ4n) is 1.33. The predicted molar refractivity (Wildman–Crippen MR) is 93.8 cm³/mol. The average molecular weight is 338 g/mol. The standard InChI is InChI=1S/C13H18O3.C6H12O2/c1-13(2,3)12(14)16-10-9-15-11-7-5-4-6-8-11;1-6(2,3)5(7)8-4/h4-8H,9-10H2,1-3H3;1-4H3. The summed E-state index contributed by atoms with van der Waals surface area (Å²) in [6.45, 7) is 11.6. The van der Waals surface area contributed by atoms with Gasteiger partial charge in [0.2, 0.25) is 0 Å². The van der Waals surface area contributed by atoms with Crippen molar-refractivity contribution in [2.24, 2.45) is 10.8 Å². The lowest BCUT2D eigenvalue weighted by Crippen LogP contribution is -2.24. The third kappa shape index (κ3) is 9.87. The van der Waals surface area contributed by atoms with Crippen molar-refractivity contribution in [3.8, 4) is 5.75 Å². The van der Waals surface area contributed by atoms with Gasteiger partial charge in [-0.3, -0.25) is 9.59 Å². The molecule has 1 rings (SSSR count). The van der Waals surface area contributed by atoms with E-state index in [1.807, 2.05) is 71.9 Å². The second-order valence-corrected chi connectivity index (χ2v) is 7.29. The van der Waals surface area contributed by atoms with E-state index in [-0.39, 0.29) is 24.0 Å². The largest absolute Gasteiger partial charge is 0.490 e. The molecule has 0 saturated heterocycles. The minimum absolute atomic E-state index is 0.169. The summed E-state index contributed by atoms with van der Waals surface area (Å²) in [6, 6.07) is 9.46. The van der Waals surface area contributed by atoms with E-state index in [0.717, 1.165) is 5.75 Å². The fraction of sp³-hybridized carbons (Fsp3) is 0.579. The second-order valence-electron chi connectivity index (χ2n) is 7.29. The first-order chi connectivity index (χ1) is 11.0. The van der Waals surface area contributed by atoms with E-state index in [1.54, 1.807) is 0 Å². The number of ether oxygens (including phenoxy) is 3. The van der Waals surface area contributed by atoms with Crippen LogP contribution in [0.25, 0.3) is 0 Å². The minimum Gasteiger partial charge on any atom is -0.490 e. The molecule has 0 aliphatic rings. The highest BCUT2D eigenvalue weighted by Gasteiger charge is 2.22. The topological polar surface area (TPSA) is 61.8 Å². The van der Waals surface area contributed by atoms with Crippen LogP contribution < -0.4 is 4.74 Å². The maximum Gasteiger partial charge on any atom is 0.311 e. The number of esters is 2. The summed E-state index contributed by atoms with van der Waals surface area (Å²) in [4.78, 5) is 22.0. The molecular formula is C19H30O5. The zero-order chi connectivity index (χ0) is 18.8. The molecule has 0 bridgehead atoms. The quantitative estimate of drug-likeness (QED) is 0.616. The van der Waals surface area contributed by atoms with Crippen LogP contribution in [0.5, 0.6) is 5.75 Å². The summed E-state index contributed by atoms with van der Waals surface area (Å²) in [5.41, 5.74) is -0.804. The monoisotopic (exact) mass is 338 g/mol. The summed E-state index contributed by atoms with van der Waals surface area (Å²) in [7, 11) is 1.40. The molecule has 0 atom stereocenters. The Morgan fingerprint density at radius 3 is 1.71 bits per heavy atom. The van der Waals surface area contributed by atoms with E-state index < -0.39 is 5.41 Å². The molecule has 1 aromatic rings. The van der Waals surface area contributed by atoms with E-state index in [2.05, 4.69) is 4.74 Å². The predicted octanol–water partition coefficient (Wildman–Crippen LogP) is 3.86. The van der Waals surface area contributed by atoms with Crippen LogP contribution in [0.15, 0.2) is 30.3 Å². The van der Waals surface area contributed by atoms with Crippen LogP contribution in [-0.4, -0.2) is 32.3 Å². The molecule has 0 N–H and O–H groups in total. The molecule has 136 valence electrons. The first-order valence-corrected chi connectivity index (χ1v) is 7.92. The van der Waals surface area contributed by atoms with Gasteiger partial charge in [-0.15, -0.1) is 0 Å². The van der Waals surface area contributed by atoms with E-state index in [4.69, 9.17) is 9.47 Å². The van der Waals surface area contributed by atoms with Gasteiger partial charge in [0.25, 0.3) is 0 Å². The summed E-state index contributed by atoms with van der Waals surface area (Å²) >= 11 is 0. The molecule has 24 heavy (non-hydrogen) atoms. The number of hydrogen-bond acceptors (Lipinski definition) is 5. The van der Waals surface area contributed by atoms with Gasteiger partial charge in [-0.05, 0) is 53.7 Å². The zero-order valence-electron chi connectivity index (χ0n) is 15.8. The highest BCUT2D eigenvalue weighted by atomic mass is 16.6. The van der Waals surface area contributed by atoms with Crippen molar-refractivity contribution in [1.82, 2.24) is 0 Å². The fourth-order valence-corrected chi connectivity index (χ4v) is 1.33. The van der Waals surface area contributed by atoms with Crippen LogP contribution in [0.4, 0.5) is 0 Å². The molecule has 0 spiro atoms. The van der Waals surface area contributed by atoms with Crippen LogP contribution in [0.3, 0.4) is 0 Å². The van der Waals surface area contributed by atoms with Gasteiger partial charge < -0.3 is 14.2 Å². The number of hydrogen-bond donors (Lipinski definition) is 0. The molecule has 1 aromatic carbocycles. The van der Waals surface area contributed by atoms with Gasteiger partial charge in [0.05, 0.1) is 17.9 Å². The molecule has 0 aliphatic carbocycles. The van der Waals surface area contributed by atoms with Crippen LogP contribution in [-0.2, 0) is 19.1 Å². The van der Waals surface area contributed by atoms with E-state index in [9.17, 15) is 9.59 Å². The highest BCUT2D eigenvalue weighted by molar-refractivity contribution is 5.75. The van der Waals surface area contributed by atoms with Crippen molar-refractivity contribution in [3.05, 3.63) is 30.3 Å². The van der Waals surface area contributed by atoms with Crippen molar-refractivity contribution in [1.29, 1.82) is 0 Å². The molecule has 0 heterocycles. The third-order valence-electron chi connectivity index (χ3n) is 2.74. The van der Waals surface area contributed by atoms with Gasteiger partial charge in [0, 0.05) is 0 Å². The number of methoxy groups -OCH3 is 1. The molecule has 5 heteroatoms. The van der Waals surface area contributed by atoms with Gasteiger partial charge >= 0.3 is 11.9 Å². The Morgan fingerprint density at radius 1 is 0.833 bits per heavy atom. The van der Waals surface area contributed by atoms with Crippen molar-refractivity contribution in [2.45, 2.75) is 41.5 Å². The Hall–Kier alpha value is -2.04. The molecule has 0 amide bonds. The molecule has 0 fully saturated rings. The summed E-state index contributed by atoms with van der Waals surface area (Å²) in [5.74, 6) is 0.413. The molecule has 0 saturated carbocycles. The van der Waals surface area contributed by atoms with Gasteiger partial charge in [0.1, 0.15) is 19.0 Å². The number of para-hydroxylation sites is 1. The SMILES string of the molecule is CC(C)(C)C(=O)OCCOc1ccccc1.COC(=O)C(C)(C)C. The average Bonchev–Trinajstić information content (AvgIpc) is 2.50. The smallest absolute Gasteiger partial charge is 0.311 e. The minimum atomic E-state index is -0.452. The van der Waals surface area contributed by atoms with Gasteiger partial charge in [0.15, 0.2) is 0 Å². The molecule has 0 unspecified atom stereocenters. The van der Waals surface area contributed by atoms with Gasteiger partial charge in [-0.25, -0.2) is 0 Å². The van der Waals surface area contributed by atoms with Crippen LogP contribution in [0.2, 0.25) is 0 Å². The lowest BCUT2D eigenvalue weighted by atomic mass is 9.97. The first kappa shape index (κ1) is 22.0. The number of rotatable bonds is 4. The lowest BCUT2D eigenvalue weighted by Gasteiger charge is -2.16. The summed E-state index contributed by atoms with van der Waals surface area (Å²) in [5, 5.41) is 0. The van der Waals surface area contributed by atoms with Crippen molar-refractivity contribution in [2.75, 3.05) is 20.3 Å². The lowest BCUT2D eigenvalue weighted by molar-refractivity contribution is -0.153. The maximum atomic E-state index is 11.4. The Labute approximate surface area is 145 Å². The van der Waals surface area contributed by atoms with Crippen molar-refractivity contribution >= 4 is 11.9 Å². The Morgan fingerprint density at radius 2 is 1.33 bits per heavy atom. The molecule has 0 aromatic heterocycles. The second kappa shape index (κ2) is 9.96. The highest BCUT2D eigenvalue weighted by Crippen LogP contribution is 2.15. The Balaban J connectivity index is 0.000000561. The summed E-state index contributed by atoms with van der Waals surface area (Å²) < 4.78 is 14.9. The zero-order valence-corrected chi connectivity index (χ0v) is 15.8. The number of carbonyl (C=O) groups is 2. The van der Waals surface area contributed by atoms with E-state index in [0.29, 0.717) is 6.61 Å². The number of carbonyl (C=O) groups excluding carboxylic acids is 2. The van der Waals surface area contributed by atoms with Gasteiger partial charge in [-0.1, -0.05) is 18.2 Å². The maximum absolute atomic E-state index is 11.4. The van der Waals surface area contributed by atoms with Crippen LogP contribution >= 0.6 is 0 Å². The molecule has 0 radical (unpaired) electrons. The molecular weight excluding hydrogens is 308 g/mol. The molecule has 0 aliphatic heterocycles. The molecule has 5 nitrogen and oxygen atoms in total. The van der Waals surface area contributed by atoms with E-state index >= 15 is 0 Å². The van der Waals surface area contributed by atoms with Crippen LogP contribution in [0, 0.1) is 10.8 Å². The normalized spacial score (nSPS) is 11.0. The Kier molecular flexibility index (Phi) is 9.11. The van der Waals surface area contributed by atoms with E-state index in [1.165, 1.54) is 7.11 Å². The number of benzene rings is 1.